The normalized spacial score (nSPS) is 11.3. The molecule has 0 fully saturated rings. The first kappa shape index (κ1) is 23.6. The van der Waals surface area contributed by atoms with Crippen molar-refractivity contribution in [3.63, 3.8) is 0 Å². The van der Waals surface area contributed by atoms with Crippen LogP contribution >= 0.6 is 11.8 Å². The minimum atomic E-state index is -0.553. The number of ether oxygens (including phenoxy) is 1. The molecule has 0 aliphatic heterocycles. The third-order valence-corrected chi connectivity index (χ3v) is 5.82. The van der Waals surface area contributed by atoms with Crippen LogP contribution in [0.2, 0.25) is 0 Å². The summed E-state index contributed by atoms with van der Waals surface area (Å²) in [5.41, 5.74) is 3.71. The summed E-state index contributed by atoms with van der Waals surface area (Å²) in [6, 6.07) is 24.0. The predicted octanol–water partition coefficient (Wildman–Crippen LogP) is 7.32. The van der Waals surface area contributed by atoms with E-state index in [9.17, 15) is 9.18 Å². The molecule has 0 spiro atoms. The molecule has 0 aliphatic rings. The number of nitrogens with one attached hydrogen (secondary N) is 1. The molecule has 4 aromatic rings. The molecule has 0 radical (unpaired) electrons. The van der Waals surface area contributed by atoms with Gasteiger partial charge in [-0.15, -0.1) is 0 Å². The van der Waals surface area contributed by atoms with Gasteiger partial charge in [0.15, 0.2) is 5.16 Å². The average molecular weight is 476 g/mol. The molecular weight excluding hydrogens is 449 g/mol. The van der Waals surface area contributed by atoms with E-state index in [0.29, 0.717) is 17.1 Å². The lowest BCUT2D eigenvalue weighted by Gasteiger charge is -2.19. The van der Waals surface area contributed by atoms with Crippen LogP contribution in [0.3, 0.4) is 0 Å². The summed E-state index contributed by atoms with van der Waals surface area (Å²) in [4.78, 5) is 16.8. The average Bonchev–Trinajstić information content (AvgIpc) is 3.22. The fourth-order valence-corrected chi connectivity index (χ4v) is 4.23. The Morgan fingerprint density at radius 2 is 1.76 bits per heavy atom. The van der Waals surface area contributed by atoms with Crippen LogP contribution in [-0.2, 0) is 10.5 Å². The van der Waals surface area contributed by atoms with Crippen LogP contribution in [0, 0.1) is 5.82 Å². The van der Waals surface area contributed by atoms with Gasteiger partial charge in [0, 0.05) is 23.2 Å². The number of thioether (sulfide) groups is 1. The van der Waals surface area contributed by atoms with E-state index < -0.39 is 11.7 Å². The quantitative estimate of drug-likeness (QED) is 0.297. The summed E-state index contributed by atoms with van der Waals surface area (Å²) >= 11 is 1.56. The van der Waals surface area contributed by atoms with E-state index in [1.54, 1.807) is 17.8 Å². The van der Waals surface area contributed by atoms with Gasteiger partial charge in [-0.05, 0) is 56.7 Å². The van der Waals surface area contributed by atoms with Crippen LogP contribution < -0.4 is 5.32 Å². The third kappa shape index (κ3) is 6.26. The Bertz CT molecular complexity index is 1270. The molecule has 1 amide bonds. The monoisotopic (exact) mass is 475 g/mol. The zero-order chi connectivity index (χ0) is 24.1. The van der Waals surface area contributed by atoms with E-state index in [4.69, 9.17) is 9.72 Å². The van der Waals surface area contributed by atoms with Crippen molar-refractivity contribution >= 4 is 23.5 Å². The van der Waals surface area contributed by atoms with Crippen molar-refractivity contribution in [2.75, 3.05) is 5.32 Å². The van der Waals surface area contributed by atoms with Crippen molar-refractivity contribution in [3.8, 4) is 16.9 Å². The summed E-state index contributed by atoms with van der Waals surface area (Å²) < 4.78 is 21.1. The SMILES string of the molecule is CC(C)(C)OC(=O)Nc1ccc(CSc2nc(-c3ccccc3)cn2-c2cccc(F)c2)cc1. The highest BCUT2D eigenvalue weighted by Crippen LogP contribution is 2.30. The van der Waals surface area contributed by atoms with Gasteiger partial charge in [0.25, 0.3) is 0 Å². The molecule has 34 heavy (non-hydrogen) atoms. The number of nitrogens with zero attached hydrogens (tertiary/aromatic N) is 2. The largest absolute Gasteiger partial charge is 0.444 e. The van der Waals surface area contributed by atoms with Crippen molar-refractivity contribution in [2.24, 2.45) is 0 Å². The number of hydrogen-bond donors (Lipinski definition) is 1. The standard InChI is InChI=1S/C27H26FN3O2S/c1-27(2,3)33-26(32)29-22-14-12-19(13-15-22)18-34-25-30-24(20-8-5-4-6-9-20)17-31(25)23-11-7-10-21(28)16-23/h4-17H,18H2,1-3H3,(H,29,32). The van der Waals surface area contributed by atoms with Crippen LogP contribution in [0.25, 0.3) is 16.9 Å². The van der Waals surface area contributed by atoms with E-state index in [2.05, 4.69) is 5.32 Å². The van der Waals surface area contributed by atoms with E-state index in [-0.39, 0.29) is 5.82 Å². The highest BCUT2D eigenvalue weighted by atomic mass is 32.2. The van der Waals surface area contributed by atoms with E-state index in [1.165, 1.54) is 12.1 Å². The zero-order valence-corrected chi connectivity index (χ0v) is 20.1. The molecule has 4 rings (SSSR count). The second-order valence-electron chi connectivity index (χ2n) is 8.74. The molecule has 0 saturated carbocycles. The van der Waals surface area contributed by atoms with Crippen LogP contribution in [0.15, 0.2) is 90.2 Å². The number of carbonyl (C=O) groups is 1. The Balaban J connectivity index is 1.51. The van der Waals surface area contributed by atoms with Crippen molar-refractivity contribution in [3.05, 3.63) is 96.4 Å². The molecule has 0 unspecified atom stereocenters. The van der Waals surface area contributed by atoms with Gasteiger partial charge in [-0.1, -0.05) is 60.3 Å². The summed E-state index contributed by atoms with van der Waals surface area (Å²) in [5.74, 6) is 0.365. The summed E-state index contributed by atoms with van der Waals surface area (Å²) in [7, 11) is 0. The maximum Gasteiger partial charge on any atom is 0.412 e. The third-order valence-electron chi connectivity index (χ3n) is 4.80. The number of carbonyl (C=O) groups excluding carboxylic acids is 1. The highest BCUT2D eigenvalue weighted by molar-refractivity contribution is 7.98. The molecule has 1 N–H and O–H groups in total. The first-order valence-electron chi connectivity index (χ1n) is 10.9. The van der Waals surface area contributed by atoms with Crippen LogP contribution in [-0.4, -0.2) is 21.2 Å². The molecule has 0 saturated heterocycles. The molecule has 0 bridgehead atoms. The van der Waals surface area contributed by atoms with Gasteiger partial charge in [-0.2, -0.15) is 0 Å². The van der Waals surface area contributed by atoms with Gasteiger partial charge in [0.05, 0.1) is 11.4 Å². The van der Waals surface area contributed by atoms with Gasteiger partial charge in [-0.3, -0.25) is 9.88 Å². The smallest absolute Gasteiger partial charge is 0.412 e. The van der Waals surface area contributed by atoms with Crippen LogP contribution in [0.1, 0.15) is 26.3 Å². The second-order valence-corrected chi connectivity index (χ2v) is 9.68. The maximum absolute atomic E-state index is 13.9. The zero-order valence-electron chi connectivity index (χ0n) is 19.3. The molecular formula is C27H26FN3O2S. The summed E-state index contributed by atoms with van der Waals surface area (Å²) in [6.07, 6.45) is 1.44. The number of aromatic nitrogens is 2. The number of amides is 1. The second kappa shape index (κ2) is 10.1. The number of anilines is 1. The Kier molecular flexibility index (Phi) is 7.03. The van der Waals surface area contributed by atoms with E-state index in [1.807, 2.05) is 92.2 Å². The van der Waals surface area contributed by atoms with Gasteiger partial charge < -0.3 is 4.74 Å². The van der Waals surface area contributed by atoms with Gasteiger partial charge in [-0.25, -0.2) is 14.2 Å². The minimum Gasteiger partial charge on any atom is -0.444 e. The molecule has 1 aromatic heterocycles. The summed E-state index contributed by atoms with van der Waals surface area (Å²) in [6.45, 7) is 5.47. The number of benzene rings is 3. The fourth-order valence-electron chi connectivity index (χ4n) is 3.28. The Morgan fingerprint density at radius 3 is 2.44 bits per heavy atom. The molecule has 3 aromatic carbocycles. The number of imidazole rings is 1. The van der Waals surface area contributed by atoms with Gasteiger partial charge in [0.1, 0.15) is 11.4 Å². The molecule has 1 heterocycles. The first-order valence-corrected chi connectivity index (χ1v) is 11.9. The van der Waals surface area contributed by atoms with Crippen molar-refractivity contribution in [2.45, 2.75) is 37.3 Å². The van der Waals surface area contributed by atoms with Crippen molar-refractivity contribution in [1.82, 2.24) is 9.55 Å². The highest BCUT2D eigenvalue weighted by Gasteiger charge is 2.16. The van der Waals surface area contributed by atoms with E-state index >= 15 is 0 Å². The predicted molar refractivity (Wildman–Crippen MR) is 135 cm³/mol. The Hall–Kier alpha value is -3.58. The number of halogens is 1. The van der Waals surface area contributed by atoms with Gasteiger partial charge >= 0.3 is 6.09 Å². The lowest BCUT2D eigenvalue weighted by atomic mass is 10.2. The first-order chi connectivity index (χ1) is 16.3. The Labute approximate surface area is 203 Å². The molecule has 0 atom stereocenters. The van der Waals surface area contributed by atoms with Crippen molar-refractivity contribution < 1.29 is 13.9 Å². The van der Waals surface area contributed by atoms with Gasteiger partial charge in [0.2, 0.25) is 0 Å². The summed E-state index contributed by atoms with van der Waals surface area (Å²) in [5, 5.41) is 3.50. The van der Waals surface area contributed by atoms with E-state index in [0.717, 1.165) is 22.0 Å². The maximum atomic E-state index is 13.9. The Morgan fingerprint density at radius 1 is 1.03 bits per heavy atom. The van der Waals surface area contributed by atoms with Crippen molar-refractivity contribution in [1.29, 1.82) is 0 Å². The topological polar surface area (TPSA) is 56.1 Å². The lowest BCUT2D eigenvalue weighted by Crippen LogP contribution is -2.27. The number of rotatable bonds is 6. The molecule has 7 heteroatoms. The molecule has 0 aliphatic carbocycles. The minimum absolute atomic E-state index is 0.295. The van der Waals surface area contributed by atoms with Crippen LogP contribution in [0.4, 0.5) is 14.9 Å². The molecule has 5 nitrogen and oxygen atoms in total. The number of hydrogen-bond acceptors (Lipinski definition) is 4. The fraction of sp³-hybridized carbons (Fsp3) is 0.185. The molecule has 174 valence electrons. The van der Waals surface area contributed by atoms with Crippen LogP contribution in [0.5, 0.6) is 0 Å². The lowest BCUT2D eigenvalue weighted by molar-refractivity contribution is 0.0636.